The van der Waals surface area contributed by atoms with E-state index in [-0.39, 0.29) is 5.91 Å². The van der Waals surface area contributed by atoms with Gasteiger partial charge in [-0.2, -0.15) is 0 Å². The molecule has 0 radical (unpaired) electrons. The summed E-state index contributed by atoms with van der Waals surface area (Å²) in [6.07, 6.45) is 2.72. The second-order valence-corrected chi connectivity index (χ2v) is 4.74. The fourth-order valence-electron chi connectivity index (χ4n) is 2.05. The molecule has 92 valence electrons. The summed E-state index contributed by atoms with van der Waals surface area (Å²) in [5, 5.41) is 9.10. The van der Waals surface area contributed by atoms with Gasteiger partial charge in [-0.05, 0) is 31.9 Å². The minimum Gasteiger partial charge on any atom is -0.481 e. The minimum atomic E-state index is -0.774. The maximum atomic E-state index is 12.0. The van der Waals surface area contributed by atoms with Crippen LogP contribution in [0.2, 0.25) is 0 Å². The molecule has 1 aromatic heterocycles. The highest BCUT2D eigenvalue weighted by molar-refractivity contribution is 5.92. The normalized spacial score (nSPS) is 19.0. The first-order valence-electron chi connectivity index (χ1n) is 5.69. The van der Waals surface area contributed by atoms with Crippen molar-refractivity contribution in [2.24, 2.45) is 5.41 Å². The number of hydrogen-bond donors (Lipinski definition) is 2. The van der Waals surface area contributed by atoms with Crippen LogP contribution in [0.3, 0.4) is 0 Å². The molecule has 0 aliphatic carbocycles. The fourth-order valence-corrected chi connectivity index (χ4v) is 2.05. The highest BCUT2D eigenvalue weighted by atomic mass is 16.4. The molecule has 2 rings (SSSR count). The van der Waals surface area contributed by atoms with Gasteiger partial charge in [0.2, 0.25) is 0 Å². The minimum absolute atomic E-state index is 0.0533. The lowest BCUT2D eigenvalue weighted by atomic mass is 9.80. The molecule has 1 aromatic rings. The van der Waals surface area contributed by atoms with Gasteiger partial charge in [0, 0.05) is 19.3 Å². The number of nitrogens with one attached hydrogen (secondary N) is 1. The predicted octanol–water partition coefficient (Wildman–Crippen LogP) is 1.34. The van der Waals surface area contributed by atoms with Gasteiger partial charge in [-0.25, -0.2) is 0 Å². The van der Waals surface area contributed by atoms with E-state index in [2.05, 4.69) is 4.98 Å². The van der Waals surface area contributed by atoms with E-state index in [1.807, 2.05) is 0 Å². The number of H-pyrrole nitrogens is 1. The number of carboxylic acid groups (broad SMARTS) is 1. The van der Waals surface area contributed by atoms with E-state index >= 15 is 0 Å². The smallest absolute Gasteiger partial charge is 0.309 e. The van der Waals surface area contributed by atoms with Gasteiger partial charge in [-0.3, -0.25) is 9.59 Å². The summed E-state index contributed by atoms with van der Waals surface area (Å²) in [5.41, 5.74) is -0.129. The Balaban J connectivity index is 2.00. The lowest BCUT2D eigenvalue weighted by Crippen LogP contribution is -2.45. The van der Waals surface area contributed by atoms with E-state index in [1.54, 1.807) is 30.2 Å². The van der Waals surface area contributed by atoms with E-state index in [0.717, 1.165) is 0 Å². The monoisotopic (exact) mass is 236 g/mol. The van der Waals surface area contributed by atoms with Gasteiger partial charge < -0.3 is 15.0 Å². The summed E-state index contributed by atoms with van der Waals surface area (Å²) in [5.74, 6) is -0.827. The number of rotatable bonds is 2. The van der Waals surface area contributed by atoms with Crippen molar-refractivity contribution in [1.82, 2.24) is 9.88 Å². The van der Waals surface area contributed by atoms with Gasteiger partial charge in [0.15, 0.2) is 0 Å². The second kappa shape index (κ2) is 4.24. The Morgan fingerprint density at radius 2 is 2.06 bits per heavy atom. The third-order valence-electron chi connectivity index (χ3n) is 3.50. The number of aliphatic carboxylic acids is 1. The highest BCUT2D eigenvalue weighted by Crippen LogP contribution is 2.31. The van der Waals surface area contributed by atoms with Crippen LogP contribution >= 0.6 is 0 Å². The fraction of sp³-hybridized carbons (Fsp3) is 0.500. The van der Waals surface area contributed by atoms with Gasteiger partial charge >= 0.3 is 5.97 Å². The van der Waals surface area contributed by atoms with Crippen molar-refractivity contribution in [2.75, 3.05) is 13.1 Å². The van der Waals surface area contributed by atoms with Crippen LogP contribution in [0, 0.1) is 5.41 Å². The van der Waals surface area contributed by atoms with E-state index in [1.165, 1.54) is 0 Å². The first kappa shape index (κ1) is 11.7. The van der Waals surface area contributed by atoms with Crippen LogP contribution in [0.4, 0.5) is 0 Å². The Labute approximate surface area is 99.4 Å². The van der Waals surface area contributed by atoms with E-state index in [0.29, 0.717) is 31.6 Å². The molecule has 1 amide bonds. The van der Waals surface area contributed by atoms with Crippen LogP contribution < -0.4 is 0 Å². The lowest BCUT2D eigenvalue weighted by Gasteiger charge is -2.36. The molecule has 2 heterocycles. The Morgan fingerprint density at radius 3 is 2.53 bits per heavy atom. The molecule has 1 aliphatic rings. The lowest BCUT2D eigenvalue weighted by molar-refractivity contribution is -0.150. The number of aromatic amines is 1. The van der Waals surface area contributed by atoms with Gasteiger partial charge in [0.25, 0.3) is 5.91 Å². The van der Waals surface area contributed by atoms with Gasteiger partial charge in [0.1, 0.15) is 5.69 Å². The maximum Gasteiger partial charge on any atom is 0.309 e. The summed E-state index contributed by atoms with van der Waals surface area (Å²) in [7, 11) is 0. The molecule has 5 heteroatoms. The maximum absolute atomic E-state index is 12.0. The SMILES string of the molecule is CC1(C(=O)O)CCN(C(=O)c2ccc[nH]2)CC1. The zero-order valence-corrected chi connectivity index (χ0v) is 9.77. The number of amides is 1. The topological polar surface area (TPSA) is 73.4 Å². The third kappa shape index (κ3) is 2.18. The van der Waals surface area contributed by atoms with Crippen LogP contribution in [0.5, 0.6) is 0 Å². The summed E-state index contributed by atoms with van der Waals surface area (Å²) < 4.78 is 0. The molecule has 1 saturated heterocycles. The number of hydrogen-bond acceptors (Lipinski definition) is 2. The number of carbonyl (C=O) groups is 2. The zero-order chi connectivity index (χ0) is 12.5. The molecule has 17 heavy (non-hydrogen) atoms. The highest BCUT2D eigenvalue weighted by Gasteiger charge is 2.38. The number of carbonyl (C=O) groups excluding carboxylic acids is 1. The van der Waals surface area contributed by atoms with Crippen LogP contribution in [-0.4, -0.2) is 40.0 Å². The van der Waals surface area contributed by atoms with E-state index in [4.69, 9.17) is 5.11 Å². The Hall–Kier alpha value is -1.78. The molecular weight excluding hydrogens is 220 g/mol. The number of carboxylic acids is 1. The molecule has 0 atom stereocenters. The van der Waals surface area contributed by atoms with Gasteiger partial charge in [-0.1, -0.05) is 0 Å². The quantitative estimate of drug-likeness (QED) is 0.813. The summed E-state index contributed by atoms with van der Waals surface area (Å²) in [6, 6.07) is 3.51. The molecule has 0 unspecified atom stereocenters. The second-order valence-electron chi connectivity index (χ2n) is 4.74. The van der Waals surface area contributed by atoms with Crippen LogP contribution in [0.25, 0.3) is 0 Å². The first-order valence-corrected chi connectivity index (χ1v) is 5.69. The Bertz CT molecular complexity index is 417. The molecule has 0 saturated carbocycles. The van der Waals surface area contributed by atoms with Gasteiger partial charge in [-0.15, -0.1) is 0 Å². The summed E-state index contributed by atoms with van der Waals surface area (Å²) in [4.78, 5) is 27.6. The van der Waals surface area contributed by atoms with E-state index in [9.17, 15) is 9.59 Å². The molecule has 5 nitrogen and oxygen atoms in total. The number of likely N-dealkylation sites (tertiary alicyclic amines) is 1. The first-order chi connectivity index (χ1) is 8.03. The van der Waals surface area contributed by atoms with Crippen molar-refractivity contribution in [1.29, 1.82) is 0 Å². The molecule has 0 bridgehead atoms. The molecule has 1 fully saturated rings. The Morgan fingerprint density at radius 1 is 1.41 bits per heavy atom. The van der Waals surface area contributed by atoms with Crippen molar-refractivity contribution in [2.45, 2.75) is 19.8 Å². The summed E-state index contributed by atoms with van der Waals surface area (Å²) >= 11 is 0. The predicted molar refractivity (Wildman–Crippen MR) is 61.7 cm³/mol. The number of piperidine rings is 1. The van der Waals surface area contributed by atoms with Crippen molar-refractivity contribution in [3.63, 3.8) is 0 Å². The standard InChI is InChI=1S/C12H16N2O3/c1-12(11(16)17)4-7-14(8-5-12)10(15)9-3-2-6-13-9/h2-3,6,13H,4-5,7-8H2,1H3,(H,16,17). The van der Waals surface area contributed by atoms with Crippen molar-refractivity contribution in [3.05, 3.63) is 24.0 Å². The summed E-state index contributed by atoms with van der Waals surface area (Å²) in [6.45, 7) is 2.74. The van der Waals surface area contributed by atoms with Gasteiger partial charge in [0.05, 0.1) is 5.41 Å². The number of nitrogens with zero attached hydrogens (tertiary/aromatic N) is 1. The zero-order valence-electron chi connectivity index (χ0n) is 9.77. The van der Waals surface area contributed by atoms with Crippen molar-refractivity contribution < 1.29 is 14.7 Å². The molecule has 0 spiro atoms. The molecular formula is C12H16N2O3. The average Bonchev–Trinajstić information content (AvgIpc) is 2.82. The van der Waals surface area contributed by atoms with Crippen LogP contribution in [0.15, 0.2) is 18.3 Å². The van der Waals surface area contributed by atoms with Crippen LogP contribution in [-0.2, 0) is 4.79 Å². The van der Waals surface area contributed by atoms with Crippen molar-refractivity contribution >= 4 is 11.9 Å². The molecule has 2 N–H and O–H groups in total. The molecule has 0 aromatic carbocycles. The average molecular weight is 236 g/mol. The largest absolute Gasteiger partial charge is 0.481 e. The Kier molecular flexibility index (Phi) is 2.92. The van der Waals surface area contributed by atoms with E-state index < -0.39 is 11.4 Å². The van der Waals surface area contributed by atoms with Crippen molar-refractivity contribution in [3.8, 4) is 0 Å². The van der Waals surface area contributed by atoms with Crippen LogP contribution in [0.1, 0.15) is 30.3 Å². The number of aromatic nitrogens is 1. The third-order valence-corrected chi connectivity index (χ3v) is 3.50. The molecule has 1 aliphatic heterocycles.